The highest BCUT2D eigenvalue weighted by Gasteiger charge is 2.41. The molecule has 154 valence electrons. The zero-order valence-corrected chi connectivity index (χ0v) is 18.1. The molecule has 7 heteroatoms. The molecule has 3 aromatic heterocycles. The topological polar surface area (TPSA) is 54.2 Å². The van der Waals surface area contributed by atoms with E-state index in [1.54, 1.807) is 12.4 Å². The zero-order chi connectivity index (χ0) is 21.2. The molecule has 0 spiro atoms. The lowest BCUT2D eigenvalue weighted by atomic mass is 10.0. The van der Waals surface area contributed by atoms with Crippen LogP contribution in [0.15, 0.2) is 89.7 Å². The Labute approximate surface area is 190 Å². The number of nitrogens with zero attached hydrogens (tertiary/aromatic N) is 3. The number of hydrogen-bond acceptors (Lipinski definition) is 4. The fourth-order valence-corrected chi connectivity index (χ4v) is 4.29. The molecule has 0 amide bonds. The highest BCUT2D eigenvalue weighted by Crippen LogP contribution is 2.41. The third kappa shape index (κ3) is 4.04. The maximum absolute atomic E-state index is 6.33. The summed E-state index contributed by atoms with van der Waals surface area (Å²) in [6, 6.07) is 21.2. The number of pyridine rings is 2. The summed E-state index contributed by atoms with van der Waals surface area (Å²) in [7, 11) is 0. The van der Waals surface area contributed by atoms with Crippen molar-refractivity contribution in [2.45, 2.75) is 18.6 Å². The molecule has 1 aliphatic heterocycles. The predicted octanol–water partition coefficient (Wildman–Crippen LogP) is 5.56. The lowest BCUT2D eigenvalue weighted by Crippen LogP contribution is -2.29. The molecule has 0 bridgehead atoms. The summed E-state index contributed by atoms with van der Waals surface area (Å²) in [4.78, 5) is 10.9. The van der Waals surface area contributed by atoms with E-state index in [0.717, 1.165) is 28.3 Å². The van der Waals surface area contributed by atoms with Crippen LogP contribution in [0.3, 0.4) is 0 Å². The van der Waals surface area contributed by atoms with Crippen LogP contribution < -0.4 is 5.32 Å². The molecule has 1 aliphatic rings. The number of hydrogen-bond donors (Lipinski definition) is 1. The molecule has 0 radical (unpaired) electrons. The third-order valence-electron chi connectivity index (χ3n) is 5.32. The number of furan rings is 1. The minimum atomic E-state index is -0.149. The molecule has 1 aromatic carbocycles. The van der Waals surface area contributed by atoms with Crippen LogP contribution in [0.2, 0.25) is 5.02 Å². The van der Waals surface area contributed by atoms with Gasteiger partial charge in [-0.3, -0.25) is 9.97 Å². The van der Waals surface area contributed by atoms with Crippen molar-refractivity contribution in [2.75, 3.05) is 0 Å². The lowest BCUT2D eigenvalue weighted by Gasteiger charge is -2.26. The van der Waals surface area contributed by atoms with Gasteiger partial charge in [0.15, 0.2) is 5.11 Å². The highest BCUT2D eigenvalue weighted by atomic mass is 35.5. The predicted molar refractivity (Wildman–Crippen MR) is 124 cm³/mol. The summed E-state index contributed by atoms with van der Waals surface area (Å²) in [5, 5.41) is 4.80. The van der Waals surface area contributed by atoms with Crippen LogP contribution in [-0.4, -0.2) is 20.0 Å². The Hall–Kier alpha value is -3.22. The van der Waals surface area contributed by atoms with Crippen molar-refractivity contribution < 1.29 is 4.42 Å². The van der Waals surface area contributed by atoms with E-state index in [4.69, 9.17) is 28.2 Å². The molecule has 2 unspecified atom stereocenters. The molecule has 5 nitrogen and oxygen atoms in total. The quantitative estimate of drug-likeness (QED) is 0.405. The normalized spacial score (nSPS) is 18.2. The second kappa shape index (κ2) is 8.49. The number of nitrogens with one attached hydrogen (secondary N) is 1. The van der Waals surface area contributed by atoms with Gasteiger partial charge in [-0.25, -0.2) is 0 Å². The van der Waals surface area contributed by atoms with Crippen molar-refractivity contribution >= 4 is 28.9 Å². The van der Waals surface area contributed by atoms with Gasteiger partial charge in [-0.1, -0.05) is 23.7 Å². The molecule has 5 rings (SSSR count). The van der Waals surface area contributed by atoms with Gasteiger partial charge in [0.05, 0.1) is 11.7 Å². The second-order valence-corrected chi connectivity index (χ2v) is 8.15. The fourth-order valence-electron chi connectivity index (χ4n) is 3.85. The van der Waals surface area contributed by atoms with Crippen LogP contribution in [0.25, 0.3) is 11.3 Å². The van der Waals surface area contributed by atoms with Crippen molar-refractivity contribution in [3.05, 3.63) is 107 Å². The van der Waals surface area contributed by atoms with E-state index in [9.17, 15) is 0 Å². The van der Waals surface area contributed by atoms with E-state index in [-0.39, 0.29) is 12.1 Å². The molecule has 2 atom stereocenters. The standard InChI is InChI=1S/C24H19ClN4OS/c25-18-8-6-17(7-9-18)20-10-11-21(30-20)23-22(19-5-1-2-13-27-19)28-24(31)29(23)15-16-4-3-12-26-14-16/h1-14,22-23H,15H2,(H,28,31). The number of halogens is 1. The van der Waals surface area contributed by atoms with Crippen LogP contribution in [-0.2, 0) is 6.54 Å². The number of benzene rings is 1. The van der Waals surface area contributed by atoms with Gasteiger partial charge in [-0.05, 0) is 72.4 Å². The second-order valence-electron chi connectivity index (χ2n) is 7.32. The van der Waals surface area contributed by atoms with Crippen molar-refractivity contribution in [1.29, 1.82) is 0 Å². The van der Waals surface area contributed by atoms with Gasteiger partial charge in [0.25, 0.3) is 0 Å². The van der Waals surface area contributed by atoms with E-state index in [2.05, 4.69) is 20.2 Å². The van der Waals surface area contributed by atoms with Crippen molar-refractivity contribution in [3.8, 4) is 11.3 Å². The van der Waals surface area contributed by atoms with Gasteiger partial charge in [0, 0.05) is 35.7 Å². The largest absolute Gasteiger partial charge is 0.459 e. The Bertz CT molecular complexity index is 1180. The van der Waals surface area contributed by atoms with Crippen LogP contribution in [0, 0.1) is 0 Å². The molecule has 1 saturated heterocycles. The highest BCUT2D eigenvalue weighted by molar-refractivity contribution is 7.80. The van der Waals surface area contributed by atoms with E-state index >= 15 is 0 Å². The molecule has 4 heterocycles. The number of aromatic nitrogens is 2. The number of rotatable bonds is 5. The Balaban J connectivity index is 1.53. The van der Waals surface area contributed by atoms with E-state index in [1.807, 2.05) is 72.9 Å². The van der Waals surface area contributed by atoms with E-state index < -0.39 is 0 Å². The van der Waals surface area contributed by atoms with Crippen LogP contribution in [0.5, 0.6) is 0 Å². The molecule has 4 aromatic rings. The molecule has 1 fully saturated rings. The first-order chi connectivity index (χ1) is 15.2. The zero-order valence-electron chi connectivity index (χ0n) is 16.5. The molecule has 0 aliphatic carbocycles. The SMILES string of the molecule is S=C1NC(c2ccccn2)C(c2ccc(-c3ccc(Cl)cc3)o2)N1Cc1cccnc1. The first-order valence-corrected chi connectivity index (χ1v) is 10.7. The first kappa shape index (κ1) is 19.7. The molecule has 31 heavy (non-hydrogen) atoms. The Morgan fingerprint density at radius 2 is 1.87 bits per heavy atom. The maximum Gasteiger partial charge on any atom is 0.170 e. The van der Waals surface area contributed by atoms with Crippen molar-refractivity contribution in [1.82, 2.24) is 20.2 Å². The van der Waals surface area contributed by atoms with Gasteiger partial charge in [0.2, 0.25) is 0 Å². The summed E-state index contributed by atoms with van der Waals surface area (Å²) in [5.74, 6) is 1.60. The molecule has 1 N–H and O–H groups in total. The summed E-state index contributed by atoms with van der Waals surface area (Å²) in [5.41, 5.74) is 2.95. The van der Waals surface area contributed by atoms with Gasteiger partial charge in [-0.15, -0.1) is 0 Å². The van der Waals surface area contributed by atoms with Gasteiger partial charge < -0.3 is 14.6 Å². The summed E-state index contributed by atoms with van der Waals surface area (Å²) >= 11 is 11.8. The summed E-state index contributed by atoms with van der Waals surface area (Å²) in [6.07, 6.45) is 5.42. The van der Waals surface area contributed by atoms with Crippen LogP contribution >= 0.6 is 23.8 Å². The summed E-state index contributed by atoms with van der Waals surface area (Å²) in [6.45, 7) is 0.616. The fraction of sp³-hybridized carbons (Fsp3) is 0.125. The van der Waals surface area contributed by atoms with Crippen LogP contribution in [0.4, 0.5) is 0 Å². The Morgan fingerprint density at radius 3 is 2.61 bits per heavy atom. The Morgan fingerprint density at radius 1 is 1.00 bits per heavy atom. The maximum atomic E-state index is 6.33. The molecule has 0 saturated carbocycles. The lowest BCUT2D eigenvalue weighted by molar-refractivity contribution is 0.269. The average molecular weight is 447 g/mol. The van der Waals surface area contributed by atoms with Gasteiger partial charge in [-0.2, -0.15) is 0 Å². The summed E-state index contributed by atoms with van der Waals surface area (Å²) < 4.78 is 6.33. The van der Waals surface area contributed by atoms with Gasteiger partial charge in [0.1, 0.15) is 17.6 Å². The molecular formula is C24H19ClN4OS. The smallest absolute Gasteiger partial charge is 0.170 e. The first-order valence-electron chi connectivity index (χ1n) is 9.92. The number of thiocarbonyl (C=S) groups is 1. The van der Waals surface area contributed by atoms with Gasteiger partial charge >= 0.3 is 0 Å². The van der Waals surface area contributed by atoms with E-state index in [1.165, 1.54) is 0 Å². The monoisotopic (exact) mass is 446 g/mol. The van der Waals surface area contributed by atoms with E-state index in [0.29, 0.717) is 16.7 Å². The Kier molecular flexibility index (Phi) is 5.40. The minimum absolute atomic E-state index is 0.130. The minimum Gasteiger partial charge on any atom is -0.459 e. The van der Waals surface area contributed by atoms with Crippen molar-refractivity contribution in [2.24, 2.45) is 0 Å². The van der Waals surface area contributed by atoms with Crippen LogP contribution in [0.1, 0.15) is 29.1 Å². The average Bonchev–Trinajstić information content (AvgIpc) is 3.41. The third-order valence-corrected chi connectivity index (χ3v) is 5.92. The molecular weight excluding hydrogens is 428 g/mol. The van der Waals surface area contributed by atoms with Crippen molar-refractivity contribution in [3.63, 3.8) is 0 Å².